The Bertz CT molecular complexity index is 1090. The zero-order chi connectivity index (χ0) is 21.8. The maximum absolute atomic E-state index is 11.2. The molecule has 0 fully saturated rings. The van der Waals surface area contributed by atoms with Gasteiger partial charge in [-0.1, -0.05) is 35.9 Å². The van der Waals surface area contributed by atoms with Crippen molar-refractivity contribution >= 4 is 28.9 Å². The lowest BCUT2D eigenvalue weighted by atomic mass is 9.87. The number of aliphatic hydroxyl groups excluding tert-OH is 1. The molecule has 0 radical (unpaired) electrons. The second-order valence-electron chi connectivity index (χ2n) is 7.91. The van der Waals surface area contributed by atoms with Crippen molar-refractivity contribution in [1.29, 1.82) is 0 Å². The predicted molar refractivity (Wildman–Crippen MR) is 123 cm³/mol. The van der Waals surface area contributed by atoms with E-state index < -0.39 is 12.1 Å². The van der Waals surface area contributed by atoms with Gasteiger partial charge in [-0.2, -0.15) is 0 Å². The molecule has 0 aromatic heterocycles. The van der Waals surface area contributed by atoms with E-state index in [1.807, 2.05) is 24.3 Å². The third-order valence-corrected chi connectivity index (χ3v) is 5.90. The highest BCUT2D eigenvalue weighted by Crippen LogP contribution is 2.27. The van der Waals surface area contributed by atoms with Gasteiger partial charge in [-0.25, -0.2) is 4.79 Å². The number of hydrogen-bond donors (Lipinski definition) is 4. The van der Waals surface area contributed by atoms with E-state index in [9.17, 15) is 15.0 Å². The third kappa shape index (κ3) is 5.44. The summed E-state index contributed by atoms with van der Waals surface area (Å²) in [5, 5.41) is 27.1. The molecule has 0 unspecified atom stereocenters. The van der Waals surface area contributed by atoms with Gasteiger partial charge in [0.05, 0.1) is 11.7 Å². The standard InChI is InChI=1S/C25H25ClN2O3/c26-20-5-1-3-17(11-20)24(29)15-27-21-9-7-16-8-10-23(14-19(16)13-21)28-22-6-2-4-18(12-22)25(30)31/h1-6,8,10-12,14,21,24,27-29H,7,9,13,15H2,(H,30,31)/t21-,24-/m0/s1. The van der Waals surface area contributed by atoms with E-state index >= 15 is 0 Å². The molecule has 4 N–H and O–H groups in total. The van der Waals surface area contributed by atoms with E-state index in [2.05, 4.69) is 22.8 Å². The largest absolute Gasteiger partial charge is 0.478 e. The Labute approximate surface area is 186 Å². The maximum Gasteiger partial charge on any atom is 0.335 e. The normalized spacial score (nSPS) is 16.4. The zero-order valence-corrected chi connectivity index (χ0v) is 17.8. The molecule has 3 aromatic carbocycles. The minimum absolute atomic E-state index is 0.255. The lowest BCUT2D eigenvalue weighted by molar-refractivity contribution is 0.0697. The number of aliphatic hydroxyl groups is 1. The Hall–Kier alpha value is -2.86. The van der Waals surface area contributed by atoms with Crippen LogP contribution in [-0.4, -0.2) is 28.8 Å². The molecule has 0 amide bonds. The van der Waals surface area contributed by atoms with Crippen molar-refractivity contribution in [3.63, 3.8) is 0 Å². The predicted octanol–water partition coefficient (Wildman–Crippen LogP) is 4.96. The summed E-state index contributed by atoms with van der Waals surface area (Å²) in [4.78, 5) is 11.2. The van der Waals surface area contributed by atoms with E-state index in [0.29, 0.717) is 11.6 Å². The molecule has 0 saturated heterocycles. The summed E-state index contributed by atoms with van der Waals surface area (Å²) in [6.07, 6.45) is 2.27. The van der Waals surface area contributed by atoms with Crippen LogP contribution in [0.4, 0.5) is 11.4 Å². The fourth-order valence-electron chi connectivity index (χ4n) is 4.02. The van der Waals surface area contributed by atoms with E-state index in [1.54, 1.807) is 30.3 Å². The third-order valence-electron chi connectivity index (χ3n) is 5.67. The summed E-state index contributed by atoms with van der Waals surface area (Å²) in [7, 11) is 0. The minimum Gasteiger partial charge on any atom is -0.478 e. The Balaban J connectivity index is 1.39. The van der Waals surface area contributed by atoms with Crippen LogP contribution in [0.15, 0.2) is 66.7 Å². The average Bonchev–Trinajstić information content (AvgIpc) is 2.77. The first-order valence-electron chi connectivity index (χ1n) is 10.4. The molecule has 0 saturated carbocycles. The summed E-state index contributed by atoms with van der Waals surface area (Å²) in [5.74, 6) is -0.942. The van der Waals surface area contributed by atoms with Crippen molar-refractivity contribution in [2.45, 2.75) is 31.4 Å². The van der Waals surface area contributed by atoms with Crippen LogP contribution in [0.25, 0.3) is 0 Å². The van der Waals surface area contributed by atoms with E-state index in [-0.39, 0.29) is 11.6 Å². The number of benzene rings is 3. The number of anilines is 2. The maximum atomic E-state index is 11.2. The Morgan fingerprint density at radius 2 is 1.84 bits per heavy atom. The number of hydrogen-bond acceptors (Lipinski definition) is 4. The van der Waals surface area contributed by atoms with Crippen molar-refractivity contribution in [2.24, 2.45) is 0 Å². The summed E-state index contributed by atoms with van der Waals surface area (Å²) >= 11 is 6.02. The van der Waals surface area contributed by atoms with Crippen LogP contribution in [-0.2, 0) is 12.8 Å². The van der Waals surface area contributed by atoms with Crippen LogP contribution in [0.3, 0.4) is 0 Å². The van der Waals surface area contributed by atoms with Crippen molar-refractivity contribution in [3.8, 4) is 0 Å². The quantitative estimate of drug-likeness (QED) is 0.420. The fraction of sp³-hybridized carbons (Fsp3) is 0.240. The van der Waals surface area contributed by atoms with Gasteiger partial charge in [-0.05, 0) is 78.4 Å². The molecule has 5 nitrogen and oxygen atoms in total. The van der Waals surface area contributed by atoms with E-state index in [0.717, 1.165) is 36.2 Å². The van der Waals surface area contributed by atoms with Gasteiger partial charge in [0.15, 0.2) is 0 Å². The molecular formula is C25H25ClN2O3. The van der Waals surface area contributed by atoms with Crippen molar-refractivity contribution in [2.75, 3.05) is 11.9 Å². The number of nitrogens with one attached hydrogen (secondary N) is 2. The number of fused-ring (bicyclic) bond motifs is 1. The second kappa shape index (κ2) is 9.52. The van der Waals surface area contributed by atoms with Crippen LogP contribution in [0.5, 0.6) is 0 Å². The average molecular weight is 437 g/mol. The molecular weight excluding hydrogens is 412 g/mol. The van der Waals surface area contributed by atoms with Crippen LogP contribution >= 0.6 is 11.6 Å². The molecule has 31 heavy (non-hydrogen) atoms. The molecule has 3 aromatic rings. The monoisotopic (exact) mass is 436 g/mol. The summed E-state index contributed by atoms with van der Waals surface area (Å²) in [6, 6.07) is 20.7. The SMILES string of the molecule is O=C(O)c1cccc(Nc2ccc3c(c2)C[C@@H](NC[C@H](O)c2cccc(Cl)c2)CC3)c1. The van der Waals surface area contributed by atoms with Crippen molar-refractivity contribution in [3.05, 3.63) is 94.0 Å². The Kier molecular flexibility index (Phi) is 6.56. The topological polar surface area (TPSA) is 81.6 Å². The minimum atomic E-state index is -0.942. The Morgan fingerprint density at radius 3 is 2.65 bits per heavy atom. The lowest BCUT2D eigenvalue weighted by Crippen LogP contribution is -2.37. The highest BCUT2D eigenvalue weighted by Gasteiger charge is 2.20. The molecule has 2 atom stereocenters. The first-order chi connectivity index (χ1) is 15.0. The number of aromatic carboxylic acids is 1. The van der Waals surface area contributed by atoms with Crippen LogP contribution in [0.2, 0.25) is 5.02 Å². The number of aryl methyl sites for hydroxylation is 1. The second-order valence-corrected chi connectivity index (χ2v) is 8.35. The van der Waals surface area contributed by atoms with E-state index in [1.165, 1.54) is 11.1 Å². The molecule has 0 heterocycles. The first kappa shape index (κ1) is 21.4. The van der Waals surface area contributed by atoms with Gasteiger partial charge >= 0.3 is 5.97 Å². The summed E-state index contributed by atoms with van der Waals surface area (Å²) < 4.78 is 0. The summed E-state index contributed by atoms with van der Waals surface area (Å²) in [6.45, 7) is 0.472. The fourth-order valence-corrected chi connectivity index (χ4v) is 4.21. The van der Waals surface area contributed by atoms with E-state index in [4.69, 9.17) is 11.6 Å². The number of carbonyl (C=O) groups is 1. The van der Waals surface area contributed by atoms with Gasteiger partial charge in [0.2, 0.25) is 0 Å². The number of carboxylic acids is 1. The van der Waals surface area contributed by atoms with Crippen molar-refractivity contribution in [1.82, 2.24) is 5.32 Å². The highest BCUT2D eigenvalue weighted by atomic mass is 35.5. The number of rotatable bonds is 7. The van der Waals surface area contributed by atoms with Gasteiger partial charge in [0.25, 0.3) is 0 Å². The van der Waals surface area contributed by atoms with Gasteiger partial charge < -0.3 is 20.8 Å². The lowest BCUT2D eigenvalue weighted by Gasteiger charge is -2.27. The van der Waals surface area contributed by atoms with Gasteiger partial charge in [-0.15, -0.1) is 0 Å². The molecule has 0 aliphatic heterocycles. The number of carboxylic acid groups (broad SMARTS) is 1. The van der Waals surface area contributed by atoms with Crippen LogP contribution in [0, 0.1) is 0 Å². The highest BCUT2D eigenvalue weighted by molar-refractivity contribution is 6.30. The number of halogens is 1. The van der Waals surface area contributed by atoms with Gasteiger partial charge in [0.1, 0.15) is 0 Å². The smallest absolute Gasteiger partial charge is 0.335 e. The molecule has 6 heteroatoms. The summed E-state index contributed by atoms with van der Waals surface area (Å²) in [5.41, 5.74) is 5.34. The molecule has 0 spiro atoms. The van der Waals surface area contributed by atoms with Crippen LogP contribution < -0.4 is 10.6 Å². The molecule has 4 rings (SSSR count). The Morgan fingerprint density at radius 1 is 1.03 bits per heavy atom. The van der Waals surface area contributed by atoms with Gasteiger partial charge in [0, 0.05) is 29.0 Å². The molecule has 1 aliphatic rings. The molecule has 1 aliphatic carbocycles. The van der Waals surface area contributed by atoms with Gasteiger partial charge in [-0.3, -0.25) is 0 Å². The molecule has 160 valence electrons. The van der Waals surface area contributed by atoms with Crippen LogP contribution in [0.1, 0.15) is 39.6 Å². The van der Waals surface area contributed by atoms with Crippen molar-refractivity contribution < 1.29 is 15.0 Å². The first-order valence-corrected chi connectivity index (χ1v) is 10.7. The zero-order valence-electron chi connectivity index (χ0n) is 17.0. The molecule has 0 bridgehead atoms.